The smallest absolute Gasteiger partial charge is 0.278 e. The van der Waals surface area contributed by atoms with Gasteiger partial charge >= 0.3 is 0 Å². The lowest BCUT2D eigenvalue weighted by atomic mass is 9.94. The lowest BCUT2D eigenvalue weighted by molar-refractivity contribution is 0.100. The standard InChI is InChI=1S/C13H18N2O/c1-7-6-12(13(16)15-11(5)14)10(4)9(3)8(7)2/h6H,1-5H3,(H2,14,15,16). The molecule has 1 amide bonds. The zero-order valence-electron chi connectivity index (χ0n) is 10.5. The van der Waals surface area contributed by atoms with Crippen molar-refractivity contribution in [3.63, 3.8) is 0 Å². The lowest BCUT2D eigenvalue weighted by Crippen LogP contribution is -2.11. The number of amides is 1. The summed E-state index contributed by atoms with van der Waals surface area (Å²) in [5.41, 5.74) is 10.5. The normalized spacial score (nSPS) is 11.7. The van der Waals surface area contributed by atoms with E-state index in [-0.39, 0.29) is 5.91 Å². The van der Waals surface area contributed by atoms with Crippen molar-refractivity contribution in [1.82, 2.24) is 0 Å². The molecule has 0 fully saturated rings. The van der Waals surface area contributed by atoms with Gasteiger partial charge in [0.05, 0.1) is 0 Å². The summed E-state index contributed by atoms with van der Waals surface area (Å²) in [6.45, 7) is 9.63. The fourth-order valence-corrected chi connectivity index (χ4v) is 1.65. The van der Waals surface area contributed by atoms with Crippen LogP contribution in [-0.4, -0.2) is 11.7 Å². The number of benzene rings is 1. The summed E-state index contributed by atoms with van der Waals surface area (Å²) in [7, 11) is 0. The average Bonchev–Trinajstić information content (AvgIpc) is 2.19. The number of amidine groups is 1. The number of hydrogen-bond acceptors (Lipinski definition) is 1. The van der Waals surface area contributed by atoms with Gasteiger partial charge in [-0.3, -0.25) is 4.79 Å². The van der Waals surface area contributed by atoms with Gasteiger partial charge in [-0.05, 0) is 62.9 Å². The van der Waals surface area contributed by atoms with Crippen LogP contribution in [0.2, 0.25) is 0 Å². The van der Waals surface area contributed by atoms with Crippen LogP contribution in [-0.2, 0) is 0 Å². The summed E-state index contributed by atoms with van der Waals surface area (Å²) < 4.78 is 0. The Kier molecular flexibility index (Phi) is 3.48. The highest BCUT2D eigenvalue weighted by Gasteiger charge is 2.12. The quantitative estimate of drug-likeness (QED) is 0.581. The number of aryl methyl sites for hydroxylation is 1. The van der Waals surface area contributed by atoms with Gasteiger partial charge < -0.3 is 5.73 Å². The minimum absolute atomic E-state index is 0.260. The third kappa shape index (κ3) is 2.30. The molecular formula is C13H18N2O. The summed E-state index contributed by atoms with van der Waals surface area (Å²) in [6.07, 6.45) is 0. The molecule has 0 unspecified atom stereocenters. The monoisotopic (exact) mass is 218 g/mol. The van der Waals surface area contributed by atoms with Crippen molar-refractivity contribution in [2.24, 2.45) is 10.7 Å². The maximum atomic E-state index is 11.8. The van der Waals surface area contributed by atoms with Crippen LogP contribution in [0, 0.1) is 27.7 Å². The van der Waals surface area contributed by atoms with Crippen LogP contribution < -0.4 is 5.73 Å². The highest BCUT2D eigenvalue weighted by Crippen LogP contribution is 2.21. The zero-order valence-corrected chi connectivity index (χ0v) is 10.5. The molecule has 0 aliphatic heterocycles. The van der Waals surface area contributed by atoms with Gasteiger partial charge in [0.15, 0.2) is 0 Å². The lowest BCUT2D eigenvalue weighted by Gasteiger charge is -2.11. The molecule has 0 spiro atoms. The molecule has 0 radical (unpaired) electrons. The van der Waals surface area contributed by atoms with Crippen molar-refractivity contribution in [3.8, 4) is 0 Å². The molecule has 1 aromatic rings. The molecule has 0 heterocycles. The molecule has 0 saturated heterocycles. The largest absolute Gasteiger partial charge is 0.387 e. The first-order chi connectivity index (χ1) is 7.34. The van der Waals surface area contributed by atoms with E-state index in [2.05, 4.69) is 11.9 Å². The van der Waals surface area contributed by atoms with Gasteiger partial charge in [-0.25, -0.2) is 0 Å². The molecule has 0 aromatic heterocycles. The molecule has 1 rings (SSSR count). The molecule has 3 heteroatoms. The van der Waals surface area contributed by atoms with E-state index < -0.39 is 0 Å². The Bertz CT molecular complexity index is 469. The van der Waals surface area contributed by atoms with Crippen molar-refractivity contribution in [2.45, 2.75) is 34.6 Å². The Morgan fingerprint density at radius 2 is 1.69 bits per heavy atom. The minimum atomic E-state index is -0.260. The van der Waals surface area contributed by atoms with Crippen LogP contribution in [0.15, 0.2) is 11.1 Å². The van der Waals surface area contributed by atoms with Crippen molar-refractivity contribution in [3.05, 3.63) is 33.9 Å². The van der Waals surface area contributed by atoms with E-state index in [4.69, 9.17) is 5.73 Å². The third-order valence-electron chi connectivity index (χ3n) is 2.99. The first kappa shape index (κ1) is 12.4. The molecule has 86 valence electrons. The SMILES string of the molecule is CC(N)=NC(=O)c1cc(C)c(C)c(C)c1C. The van der Waals surface area contributed by atoms with E-state index in [9.17, 15) is 4.79 Å². The maximum Gasteiger partial charge on any atom is 0.278 e. The maximum absolute atomic E-state index is 11.8. The van der Waals surface area contributed by atoms with E-state index in [1.807, 2.05) is 26.8 Å². The Labute approximate surface area is 96.4 Å². The van der Waals surface area contributed by atoms with Gasteiger partial charge in [-0.2, -0.15) is 4.99 Å². The number of carbonyl (C=O) groups is 1. The van der Waals surface area contributed by atoms with E-state index in [0.29, 0.717) is 11.4 Å². The number of nitrogens with two attached hydrogens (primary N) is 1. The number of rotatable bonds is 1. The second kappa shape index (κ2) is 4.47. The fraction of sp³-hybridized carbons (Fsp3) is 0.385. The minimum Gasteiger partial charge on any atom is -0.387 e. The topological polar surface area (TPSA) is 55.4 Å². The van der Waals surface area contributed by atoms with E-state index >= 15 is 0 Å². The van der Waals surface area contributed by atoms with Gasteiger partial charge in [0.25, 0.3) is 5.91 Å². The van der Waals surface area contributed by atoms with Gasteiger partial charge in [0.2, 0.25) is 0 Å². The van der Waals surface area contributed by atoms with Gasteiger partial charge in [-0.15, -0.1) is 0 Å². The summed E-state index contributed by atoms with van der Waals surface area (Å²) in [5, 5.41) is 0. The molecule has 16 heavy (non-hydrogen) atoms. The van der Waals surface area contributed by atoms with Crippen molar-refractivity contribution >= 4 is 11.7 Å². The van der Waals surface area contributed by atoms with Crippen LogP contribution in [0.1, 0.15) is 39.5 Å². The summed E-state index contributed by atoms with van der Waals surface area (Å²) >= 11 is 0. The van der Waals surface area contributed by atoms with E-state index in [0.717, 1.165) is 16.7 Å². The Hall–Kier alpha value is -1.64. The predicted molar refractivity (Wildman–Crippen MR) is 67.0 cm³/mol. The first-order valence-corrected chi connectivity index (χ1v) is 5.27. The molecule has 2 N–H and O–H groups in total. The predicted octanol–water partition coefficient (Wildman–Crippen LogP) is 2.44. The third-order valence-corrected chi connectivity index (χ3v) is 2.99. The zero-order chi connectivity index (χ0) is 12.5. The van der Waals surface area contributed by atoms with Gasteiger partial charge in [0.1, 0.15) is 5.84 Å². The fourth-order valence-electron chi connectivity index (χ4n) is 1.65. The summed E-state index contributed by atoms with van der Waals surface area (Å²) in [5.74, 6) is 0.0315. The molecule has 1 aromatic carbocycles. The van der Waals surface area contributed by atoms with E-state index in [1.165, 1.54) is 5.56 Å². The molecule has 0 aliphatic carbocycles. The van der Waals surface area contributed by atoms with Crippen molar-refractivity contribution in [2.75, 3.05) is 0 Å². The second-order valence-electron chi connectivity index (χ2n) is 4.17. The average molecular weight is 218 g/mol. The van der Waals surface area contributed by atoms with E-state index in [1.54, 1.807) is 6.92 Å². The summed E-state index contributed by atoms with van der Waals surface area (Å²) in [4.78, 5) is 15.6. The van der Waals surface area contributed by atoms with Crippen LogP contribution in [0.5, 0.6) is 0 Å². The molecular weight excluding hydrogens is 200 g/mol. The van der Waals surface area contributed by atoms with Crippen molar-refractivity contribution in [1.29, 1.82) is 0 Å². The highest BCUT2D eigenvalue weighted by atomic mass is 16.1. The Morgan fingerprint density at radius 3 is 2.19 bits per heavy atom. The van der Waals surface area contributed by atoms with Crippen molar-refractivity contribution < 1.29 is 4.79 Å². The number of carbonyl (C=O) groups excluding carboxylic acids is 1. The number of aliphatic imine (C=N–C) groups is 1. The summed E-state index contributed by atoms with van der Waals surface area (Å²) in [6, 6.07) is 1.88. The molecule has 3 nitrogen and oxygen atoms in total. The Morgan fingerprint density at radius 1 is 1.12 bits per heavy atom. The number of nitrogens with zero attached hydrogens (tertiary/aromatic N) is 1. The second-order valence-corrected chi connectivity index (χ2v) is 4.17. The molecule has 0 bridgehead atoms. The highest BCUT2D eigenvalue weighted by molar-refractivity contribution is 6.03. The molecule has 0 atom stereocenters. The molecule has 0 saturated carbocycles. The Balaban J connectivity index is 3.37. The van der Waals surface area contributed by atoms with Crippen LogP contribution in [0.25, 0.3) is 0 Å². The first-order valence-electron chi connectivity index (χ1n) is 5.27. The van der Waals surface area contributed by atoms with Gasteiger partial charge in [-0.1, -0.05) is 0 Å². The van der Waals surface area contributed by atoms with Gasteiger partial charge in [0, 0.05) is 5.56 Å². The van der Waals surface area contributed by atoms with Crippen LogP contribution in [0.4, 0.5) is 0 Å². The molecule has 0 aliphatic rings. The van der Waals surface area contributed by atoms with Crippen LogP contribution >= 0.6 is 0 Å². The van der Waals surface area contributed by atoms with Crippen LogP contribution in [0.3, 0.4) is 0 Å². The number of hydrogen-bond donors (Lipinski definition) is 1.